The zero-order chi connectivity index (χ0) is 12.8. The fourth-order valence-electron chi connectivity index (χ4n) is 1.67. The van der Waals surface area contributed by atoms with Gasteiger partial charge in [-0.1, -0.05) is 18.7 Å². The van der Waals surface area contributed by atoms with Gasteiger partial charge in [0, 0.05) is 19.3 Å². The van der Waals surface area contributed by atoms with E-state index < -0.39 is 6.35 Å². The van der Waals surface area contributed by atoms with E-state index in [4.69, 9.17) is 0 Å². The van der Waals surface area contributed by atoms with Gasteiger partial charge in [-0.15, -0.1) is 0 Å². The van der Waals surface area contributed by atoms with Crippen LogP contribution in [0.2, 0.25) is 0 Å². The first-order valence-corrected chi connectivity index (χ1v) is 6.69. The summed E-state index contributed by atoms with van der Waals surface area (Å²) in [6.45, 7) is 8.97. The molecule has 0 amide bonds. The predicted molar refractivity (Wildman–Crippen MR) is 73.7 cm³/mol. The van der Waals surface area contributed by atoms with Crippen molar-refractivity contribution in [3.05, 3.63) is 10.7 Å². The molecule has 1 aliphatic heterocycles. The second kappa shape index (κ2) is 6.88. The Kier molecular flexibility index (Phi) is 5.80. The van der Waals surface area contributed by atoms with Crippen LogP contribution < -0.4 is 10.6 Å². The molecule has 1 heterocycles. The van der Waals surface area contributed by atoms with Gasteiger partial charge in [-0.05, 0) is 26.6 Å². The third-order valence-electron chi connectivity index (χ3n) is 2.58. The fourth-order valence-corrected chi connectivity index (χ4v) is 2.90. The Morgan fingerprint density at radius 2 is 2.41 bits per heavy atom. The van der Waals surface area contributed by atoms with Gasteiger partial charge in [-0.25, -0.2) is 0 Å². The molecule has 0 spiro atoms. The normalized spacial score (nSPS) is 21.3. The van der Waals surface area contributed by atoms with Crippen LogP contribution in [-0.4, -0.2) is 48.6 Å². The predicted octanol–water partition coefficient (Wildman–Crippen LogP) is 0.746. The molecular weight excluding hydrogens is 236 g/mol. The summed E-state index contributed by atoms with van der Waals surface area (Å²) in [4.78, 5) is 5.71. The van der Waals surface area contributed by atoms with Crippen molar-refractivity contribution in [1.82, 2.24) is 15.5 Å². The van der Waals surface area contributed by atoms with Gasteiger partial charge in [0.15, 0.2) is 6.35 Å². The van der Waals surface area contributed by atoms with Gasteiger partial charge in [0.2, 0.25) is 0 Å². The topological polar surface area (TPSA) is 59.9 Å². The molecule has 5 nitrogen and oxygen atoms in total. The Bertz CT molecular complexity index is 295. The van der Waals surface area contributed by atoms with Crippen molar-refractivity contribution >= 4 is 18.5 Å². The Hall–Kier alpha value is -0.720. The minimum Gasteiger partial charge on any atom is -0.374 e. The number of allylic oxidation sites excluding steroid dienone is 1. The van der Waals surface area contributed by atoms with E-state index in [1.807, 2.05) is 25.8 Å². The van der Waals surface area contributed by atoms with E-state index in [2.05, 4.69) is 22.3 Å². The second-order valence-corrected chi connectivity index (χ2v) is 5.15. The van der Waals surface area contributed by atoms with Crippen molar-refractivity contribution in [3.8, 4) is 0 Å². The zero-order valence-electron chi connectivity index (χ0n) is 10.7. The van der Waals surface area contributed by atoms with Crippen LogP contribution >= 0.6 is 11.8 Å². The average molecular weight is 258 g/mol. The maximum Gasteiger partial charge on any atom is 0.184 e. The number of aliphatic hydroxyl groups excluding tert-OH is 1. The number of thioether (sulfide) groups is 1. The third kappa shape index (κ3) is 3.90. The van der Waals surface area contributed by atoms with Crippen LogP contribution in [0.25, 0.3) is 0 Å². The SMILES string of the molecule is C=NCCC1NC(C)=C(N(C)C(O)NCC)S1. The van der Waals surface area contributed by atoms with Crippen molar-refractivity contribution in [2.45, 2.75) is 32.0 Å². The summed E-state index contributed by atoms with van der Waals surface area (Å²) in [6.07, 6.45) is 0.302. The minimum atomic E-state index is -0.643. The molecule has 6 heteroatoms. The molecule has 2 unspecified atom stereocenters. The summed E-state index contributed by atoms with van der Waals surface area (Å²) in [6, 6.07) is 0. The molecule has 0 radical (unpaired) electrons. The summed E-state index contributed by atoms with van der Waals surface area (Å²) < 4.78 is 0. The highest BCUT2D eigenvalue weighted by molar-refractivity contribution is 8.03. The Balaban J connectivity index is 2.53. The van der Waals surface area contributed by atoms with Crippen molar-refractivity contribution in [1.29, 1.82) is 0 Å². The molecule has 0 fully saturated rings. The summed E-state index contributed by atoms with van der Waals surface area (Å²) in [5.74, 6) is 0. The number of hydrogen-bond acceptors (Lipinski definition) is 6. The zero-order valence-corrected chi connectivity index (χ0v) is 11.5. The van der Waals surface area contributed by atoms with Gasteiger partial charge in [-0.3, -0.25) is 5.32 Å². The number of nitrogens with zero attached hydrogens (tertiary/aromatic N) is 2. The first-order valence-electron chi connectivity index (χ1n) is 5.81. The molecule has 0 saturated heterocycles. The number of aliphatic hydroxyl groups is 1. The highest BCUT2D eigenvalue weighted by atomic mass is 32.2. The number of hydrogen-bond donors (Lipinski definition) is 3. The van der Waals surface area contributed by atoms with Crippen LogP contribution in [0, 0.1) is 0 Å². The summed E-state index contributed by atoms with van der Waals surface area (Å²) in [5, 5.41) is 17.6. The molecule has 0 aromatic carbocycles. The third-order valence-corrected chi connectivity index (χ3v) is 4.03. The standard InChI is InChI=1S/C11H22N4OS/c1-5-13-11(16)15(4)10-8(2)14-9(17-10)6-7-12-3/h9,11,13-14,16H,3,5-7H2,1-2,4H3. The highest BCUT2D eigenvalue weighted by Gasteiger charge is 2.26. The van der Waals surface area contributed by atoms with Crippen LogP contribution in [0.4, 0.5) is 0 Å². The van der Waals surface area contributed by atoms with Gasteiger partial charge in [0.1, 0.15) is 0 Å². The molecule has 3 N–H and O–H groups in total. The first-order chi connectivity index (χ1) is 8.10. The second-order valence-electron chi connectivity index (χ2n) is 3.96. The molecule has 0 saturated carbocycles. The lowest BCUT2D eigenvalue weighted by Gasteiger charge is -2.26. The molecule has 1 aliphatic rings. The van der Waals surface area contributed by atoms with Gasteiger partial charge in [0.05, 0.1) is 10.4 Å². The van der Waals surface area contributed by atoms with E-state index in [1.54, 1.807) is 11.8 Å². The number of aliphatic imine (C=N–C) groups is 1. The molecule has 17 heavy (non-hydrogen) atoms. The van der Waals surface area contributed by atoms with E-state index in [0.717, 1.165) is 30.2 Å². The van der Waals surface area contributed by atoms with Crippen LogP contribution in [0.5, 0.6) is 0 Å². The molecular formula is C11H22N4OS. The molecule has 0 bridgehead atoms. The number of rotatable bonds is 7. The lowest BCUT2D eigenvalue weighted by Crippen LogP contribution is -2.42. The van der Waals surface area contributed by atoms with E-state index in [9.17, 15) is 5.11 Å². The Labute approximate surface area is 107 Å². The Morgan fingerprint density at radius 1 is 1.71 bits per heavy atom. The van der Waals surface area contributed by atoms with Crippen molar-refractivity contribution in [2.24, 2.45) is 4.99 Å². The van der Waals surface area contributed by atoms with E-state index in [0.29, 0.717) is 5.37 Å². The minimum absolute atomic E-state index is 0.326. The largest absolute Gasteiger partial charge is 0.374 e. The van der Waals surface area contributed by atoms with E-state index >= 15 is 0 Å². The monoisotopic (exact) mass is 258 g/mol. The molecule has 0 aromatic heterocycles. The summed E-state index contributed by atoms with van der Waals surface area (Å²) >= 11 is 1.73. The number of nitrogens with one attached hydrogen (secondary N) is 2. The molecule has 0 aromatic rings. The quantitative estimate of drug-likeness (QED) is 0.464. The van der Waals surface area contributed by atoms with Gasteiger partial charge in [-0.2, -0.15) is 0 Å². The molecule has 1 rings (SSSR count). The summed E-state index contributed by atoms with van der Waals surface area (Å²) in [7, 11) is 1.88. The maximum absolute atomic E-state index is 9.87. The fraction of sp³-hybridized carbons (Fsp3) is 0.727. The maximum atomic E-state index is 9.87. The molecule has 2 atom stereocenters. The van der Waals surface area contributed by atoms with Crippen LogP contribution in [0.1, 0.15) is 20.3 Å². The van der Waals surface area contributed by atoms with E-state index in [1.165, 1.54) is 0 Å². The van der Waals surface area contributed by atoms with Crippen LogP contribution in [0.15, 0.2) is 15.7 Å². The lowest BCUT2D eigenvalue weighted by atomic mass is 10.4. The summed E-state index contributed by atoms with van der Waals surface area (Å²) in [5.41, 5.74) is 1.10. The van der Waals surface area contributed by atoms with Crippen molar-refractivity contribution < 1.29 is 5.11 Å². The van der Waals surface area contributed by atoms with Crippen LogP contribution in [0.3, 0.4) is 0 Å². The van der Waals surface area contributed by atoms with Crippen molar-refractivity contribution in [2.75, 3.05) is 20.1 Å². The van der Waals surface area contributed by atoms with Gasteiger partial charge in [0.25, 0.3) is 0 Å². The lowest BCUT2D eigenvalue weighted by molar-refractivity contribution is 0.0230. The average Bonchev–Trinajstić information content (AvgIpc) is 2.67. The van der Waals surface area contributed by atoms with Crippen LogP contribution in [-0.2, 0) is 0 Å². The van der Waals surface area contributed by atoms with Crippen molar-refractivity contribution in [3.63, 3.8) is 0 Å². The Morgan fingerprint density at radius 3 is 3.00 bits per heavy atom. The van der Waals surface area contributed by atoms with Gasteiger partial charge < -0.3 is 20.3 Å². The first kappa shape index (κ1) is 14.3. The molecule has 98 valence electrons. The smallest absolute Gasteiger partial charge is 0.184 e. The molecule has 0 aliphatic carbocycles. The van der Waals surface area contributed by atoms with E-state index in [-0.39, 0.29) is 0 Å². The highest BCUT2D eigenvalue weighted by Crippen LogP contribution is 2.33. The van der Waals surface area contributed by atoms with Gasteiger partial charge >= 0.3 is 0 Å².